The van der Waals surface area contributed by atoms with Gasteiger partial charge in [0, 0.05) is 41.5 Å². The van der Waals surface area contributed by atoms with Gasteiger partial charge in [0.25, 0.3) is 0 Å². The van der Waals surface area contributed by atoms with E-state index in [1.54, 1.807) is 0 Å². The van der Waals surface area contributed by atoms with Gasteiger partial charge in [0.2, 0.25) is 5.60 Å². The normalized spacial score (nSPS) is 11.2. The molecule has 1 N–H and O–H groups in total. The first-order chi connectivity index (χ1) is 21.5. The van der Waals surface area contributed by atoms with Crippen molar-refractivity contribution >= 4 is 21.8 Å². The van der Waals surface area contributed by atoms with Gasteiger partial charge in [0.05, 0.1) is 22.5 Å². The summed E-state index contributed by atoms with van der Waals surface area (Å²) in [5.41, 5.74) is 6.91. The second-order valence-electron chi connectivity index (χ2n) is 10.9. The van der Waals surface area contributed by atoms with Gasteiger partial charge in [-0.25, -0.2) is 0 Å². The zero-order valence-electron chi connectivity index (χ0n) is 24.6. The van der Waals surface area contributed by atoms with Crippen LogP contribution in [-0.2, 0) is 19.7 Å². The molecule has 0 unspecified atom stereocenters. The molecule has 0 aliphatic carbocycles. The monoisotopic (exact) mass is 566 g/mol. The van der Waals surface area contributed by atoms with Crippen LogP contribution in [0.3, 0.4) is 0 Å². The predicted octanol–water partition coefficient (Wildman–Crippen LogP) is 8.30. The summed E-state index contributed by atoms with van der Waals surface area (Å²) in [6, 6.07) is 46.5. The smallest absolute Gasteiger partial charge is 0.214 e. The highest BCUT2D eigenvalue weighted by Crippen LogP contribution is 2.34. The van der Waals surface area contributed by atoms with E-state index in [9.17, 15) is 5.11 Å². The fourth-order valence-corrected chi connectivity index (χ4v) is 6.07. The number of para-hydroxylation sites is 2. The summed E-state index contributed by atoms with van der Waals surface area (Å²) in [7, 11) is 4.12. The van der Waals surface area contributed by atoms with Crippen LogP contribution < -0.4 is 0 Å². The van der Waals surface area contributed by atoms with Crippen LogP contribution in [0, 0.1) is 23.7 Å². The Hall–Kier alpha value is -5.74. The maximum atomic E-state index is 12.3. The van der Waals surface area contributed by atoms with E-state index in [1.807, 2.05) is 91.0 Å². The molecule has 7 aromatic rings. The molecule has 0 spiro atoms. The molecule has 0 aliphatic heterocycles. The van der Waals surface area contributed by atoms with Crippen molar-refractivity contribution in [2.45, 2.75) is 5.60 Å². The Bertz CT molecular complexity index is 2110. The fourth-order valence-electron chi connectivity index (χ4n) is 6.07. The van der Waals surface area contributed by atoms with E-state index in [2.05, 4.69) is 95.4 Å². The number of hydrogen-bond donors (Lipinski definition) is 1. The molecule has 0 saturated carbocycles. The molecule has 5 aromatic carbocycles. The topological polar surface area (TPSA) is 30.1 Å². The lowest BCUT2D eigenvalue weighted by Gasteiger charge is -2.16. The average Bonchev–Trinajstić information content (AvgIpc) is 3.54. The Labute approximate surface area is 257 Å². The summed E-state index contributed by atoms with van der Waals surface area (Å²) in [6.45, 7) is 0. The zero-order chi connectivity index (χ0) is 30.1. The highest BCUT2D eigenvalue weighted by molar-refractivity contribution is 5.96. The molecule has 0 amide bonds. The quantitative estimate of drug-likeness (QED) is 0.214. The van der Waals surface area contributed by atoms with Gasteiger partial charge in [-0.3, -0.25) is 0 Å². The summed E-state index contributed by atoms with van der Waals surface area (Å²) in [6.07, 6.45) is 0. The number of aryl methyl sites for hydroxylation is 2. The second-order valence-corrected chi connectivity index (χ2v) is 10.9. The van der Waals surface area contributed by atoms with Gasteiger partial charge < -0.3 is 14.2 Å². The molecular formula is C41H30N2O. The predicted molar refractivity (Wildman–Crippen MR) is 181 cm³/mol. The molecule has 0 bridgehead atoms. The van der Waals surface area contributed by atoms with Crippen molar-refractivity contribution in [3.8, 4) is 46.2 Å². The number of hydrogen-bond acceptors (Lipinski definition) is 1. The van der Waals surface area contributed by atoms with E-state index >= 15 is 0 Å². The van der Waals surface area contributed by atoms with E-state index < -0.39 is 5.60 Å². The van der Waals surface area contributed by atoms with Gasteiger partial charge in [0.15, 0.2) is 0 Å². The van der Waals surface area contributed by atoms with Crippen molar-refractivity contribution in [1.29, 1.82) is 0 Å². The number of aliphatic hydroxyl groups is 1. The van der Waals surface area contributed by atoms with Gasteiger partial charge in [-0.1, -0.05) is 139 Å². The van der Waals surface area contributed by atoms with Crippen LogP contribution in [0.1, 0.15) is 16.7 Å². The number of aromatic nitrogens is 2. The van der Waals surface area contributed by atoms with Crippen LogP contribution >= 0.6 is 0 Å². The minimum absolute atomic E-state index is 0.628. The summed E-state index contributed by atoms with van der Waals surface area (Å²) < 4.78 is 4.34. The molecule has 2 aromatic heterocycles. The highest BCUT2D eigenvalue weighted by atomic mass is 16.3. The Kier molecular flexibility index (Phi) is 6.88. The van der Waals surface area contributed by atoms with E-state index in [0.717, 1.165) is 55.4 Å². The van der Waals surface area contributed by atoms with Crippen LogP contribution in [-0.4, -0.2) is 14.2 Å². The maximum Gasteiger partial charge on any atom is 0.214 e. The largest absolute Gasteiger partial charge is 0.363 e. The van der Waals surface area contributed by atoms with E-state index in [4.69, 9.17) is 0 Å². The Balaban J connectivity index is 1.46. The van der Waals surface area contributed by atoms with Crippen molar-refractivity contribution in [2.75, 3.05) is 0 Å². The van der Waals surface area contributed by atoms with Gasteiger partial charge >= 0.3 is 0 Å². The van der Waals surface area contributed by atoms with Crippen molar-refractivity contribution in [2.24, 2.45) is 14.1 Å². The minimum Gasteiger partial charge on any atom is -0.363 e. The molecule has 0 aliphatic rings. The lowest BCUT2D eigenvalue weighted by atomic mass is 9.93. The zero-order valence-corrected chi connectivity index (χ0v) is 24.6. The molecule has 0 saturated heterocycles. The van der Waals surface area contributed by atoms with Crippen molar-refractivity contribution in [3.05, 3.63) is 156 Å². The first kappa shape index (κ1) is 27.1. The van der Waals surface area contributed by atoms with Crippen LogP contribution in [0.4, 0.5) is 0 Å². The lowest BCUT2D eigenvalue weighted by molar-refractivity contribution is 0.165. The molecule has 0 atom stereocenters. The molecular weight excluding hydrogens is 536 g/mol. The van der Waals surface area contributed by atoms with Crippen LogP contribution in [0.5, 0.6) is 0 Å². The molecule has 0 radical (unpaired) electrons. The summed E-state index contributed by atoms with van der Waals surface area (Å²) in [4.78, 5) is 0. The SMILES string of the molecule is Cn1c(-c2ccccc2)c(C#CC(O)(C#Cc2c(-c3ccccc3)n(C)c3ccccc23)c2ccccc2)c2ccccc21. The molecule has 3 heteroatoms. The molecule has 7 rings (SSSR count). The molecule has 210 valence electrons. The number of fused-ring (bicyclic) bond motifs is 2. The van der Waals surface area contributed by atoms with Crippen LogP contribution in [0.25, 0.3) is 44.3 Å². The molecule has 3 nitrogen and oxygen atoms in total. The highest BCUT2D eigenvalue weighted by Gasteiger charge is 2.26. The molecule has 2 heterocycles. The van der Waals surface area contributed by atoms with Gasteiger partial charge in [0.1, 0.15) is 0 Å². The average molecular weight is 567 g/mol. The van der Waals surface area contributed by atoms with E-state index in [1.165, 1.54) is 0 Å². The van der Waals surface area contributed by atoms with Crippen molar-refractivity contribution in [3.63, 3.8) is 0 Å². The summed E-state index contributed by atoms with van der Waals surface area (Å²) in [5, 5.41) is 14.4. The fraction of sp³-hybridized carbons (Fsp3) is 0.0732. The van der Waals surface area contributed by atoms with E-state index in [-0.39, 0.29) is 0 Å². The second kappa shape index (κ2) is 11.2. The van der Waals surface area contributed by atoms with Gasteiger partial charge in [-0.15, -0.1) is 0 Å². The maximum absolute atomic E-state index is 12.3. The standard InChI is InChI=1S/C41H30N2O/c1-42-37-24-14-12-22-33(37)35(39(42)30-16-6-3-7-17-30)26-28-41(44,32-20-10-5-11-21-32)29-27-36-34-23-13-15-25-38(34)43(2)40(36)31-18-8-4-9-19-31/h3-25,44H,1-2H3. The Morgan fingerprint density at radius 3 is 1.27 bits per heavy atom. The summed E-state index contributed by atoms with van der Waals surface area (Å²) >= 11 is 0. The van der Waals surface area contributed by atoms with Gasteiger partial charge in [-0.2, -0.15) is 0 Å². The van der Waals surface area contributed by atoms with Gasteiger partial charge in [-0.05, 0) is 35.1 Å². The van der Waals surface area contributed by atoms with Crippen LogP contribution in [0.15, 0.2) is 140 Å². The number of benzene rings is 5. The van der Waals surface area contributed by atoms with Crippen molar-refractivity contribution in [1.82, 2.24) is 9.13 Å². The number of nitrogens with zero attached hydrogens (tertiary/aromatic N) is 2. The third-order valence-electron chi connectivity index (χ3n) is 8.24. The first-order valence-electron chi connectivity index (χ1n) is 14.6. The molecule has 44 heavy (non-hydrogen) atoms. The number of rotatable bonds is 3. The Morgan fingerprint density at radius 1 is 0.477 bits per heavy atom. The van der Waals surface area contributed by atoms with Crippen LogP contribution in [0.2, 0.25) is 0 Å². The molecule has 0 fully saturated rings. The first-order valence-corrected chi connectivity index (χ1v) is 14.6. The van der Waals surface area contributed by atoms with Crippen molar-refractivity contribution < 1.29 is 5.11 Å². The minimum atomic E-state index is -1.73. The Morgan fingerprint density at radius 2 is 0.841 bits per heavy atom. The third-order valence-corrected chi connectivity index (χ3v) is 8.24. The summed E-state index contributed by atoms with van der Waals surface area (Å²) in [5.74, 6) is 13.3. The van der Waals surface area contributed by atoms with E-state index in [0.29, 0.717) is 5.56 Å². The lowest BCUT2D eigenvalue weighted by Crippen LogP contribution is -2.21. The third kappa shape index (κ3) is 4.67.